The van der Waals surface area contributed by atoms with Crippen LogP contribution in [0.1, 0.15) is 19.8 Å². The van der Waals surface area contributed by atoms with E-state index >= 15 is 0 Å². The largest absolute Gasteiger partial charge is 0.378 e. The molecule has 0 saturated carbocycles. The van der Waals surface area contributed by atoms with E-state index in [9.17, 15) is 4.79 Å². The van der Waals surface area contributed by atoms with Crippen molar-refractivity contribution in [3.8, 4) is 0 Å². The van der Waals surface area contributed by atoms with E-state index in [-0.39, 0.29) is 24.6 Å². The molecule has 1 heterocycles. The van der Waals surface area contributed by atoms with Crippen molar-refractivity contribution < 1.29 is 14.3 Å². The number of ether oxygens (including phenoxy) is 2. The number of hydrogen-bond acceptors (Lipinski definition) is 4. The first-order chi connectivity index (χ1) is 7.17. The van der Waals surface area contributed by atoms with Gasteiger partial charge in [-0.15, -0.1) is 0 Å². The molecule has 1 rings (SSSR count). The molecule has 0 aromatic rings. The maximum Gasteiger partial charge on any atom is 0.250 e. The summed E-state index contributed by atoms with van der Waals surface area (Å²) in [7, 11) is 1.49. The van der Waals surface area contributed by atoms with Gasteiger partial charge in [-0.25, -0.2) is 0 Å². The number of nitrogens with one attached hydrogen (secondary N) is 1. The van der Waals surface area contributed by atoms with Gasteiger partial charge in [-0.2, -0.15) is 0 Å². The van der Waals surface area contributed by atoms with Crippen molar-refractivity contribution >= 4 is 5.91 Å². The molecule has 0 aromatic heterocycles. The molecule has 5 heteroatoms. The van der Waals surface area contributed by atoms with Gasteiger partial charge in [0.05, 0.1) is 6.10 Å². The van der Waals surface area contributed by atoms with Gasteiger partial charge in [0.2, 0.25) is 0 Å². The molecule has 0 aromatic carbocycles. The average Bonchev–Trinajstić information content (AvgIpc) is 2.19. The molecule has 0 spiro atoms. The molecule has 3 N–H and O–H groups in total. The number of rotatable bonds is 4. The quantitative estimate of drug-likeness (QED) is 0.673. The minimum atomic E-state index is -0.539. The Morgan fingerprint density at radius 1 is 1.73 bits per heavy atom. The Bertz CT molecular complexity index is 207. The van der Waals surface area contributed by atoms with Gasteiger partial charge in [0.1, 0.15) is 6.10 Å². The van der Waals surface area contributed by atoms with Crippen molar-refractivity contribution in [3.05, 3.63) is 0 Å². The lowest BCUT2D eigenvalue weighted by Gasteiger charge is -2.28. The molecular weight excluding hydrogens is 196 g/mol. The van der Waals surface area contributed by atoms with Crippen LogP contribution in [0, 0.1) is 0 Å². The van der Waals surface area contributed by atoms with Gasteiger partial charge in [-0.05, 0) is 19.8 Å². The molecule has 3 atom stereocenters. The summed E-state index contributed by atoms with van der Waals surface area (Å²) < 4.78 is 10.4. The summed E-state index contributed by atoms with van der Waals surface area (Å²) in [5.41, 5.74) is 5.41. The van der Waals surface area contributed by atoms with Gasteiger partial charge in [-0.3, -0.25) is 4.79 Å². The monoisotopic (exact) mass is 216 g/mol. The summed E-state index contributed by atoms with van der Waals surface area (Å²) in [5.74, 6) is -0.126. The third-order valence-electron chi connectivity index (χ3n) is 2.62. The molecule has 1 saturated heterocycles. The summed E-state index contributed by atoms with van der Waals surface area (Å²) in [6.07, 6.45) is 1.38. The Morgan fingerprint density at radius 2 is 2.47 bits per heavy atom. The minimum absolute atomic E-state index is 0.126. The Labute approximate surface area is 90.3 Å². The number of carbonyl (C=O) groups is 1. The van der Waals surface area contributed by atoms with Gasteiger partial charge in [-0.1, -0.05) is 0 Å². The van der Waals surface area contributed by atoms with E-state index in [1.54, 1.807) is 0 Å². The highest BCUT2D eigenvalue weighted by molar-refractivity contribution is 5.81. The van der Waals surface area contributed by atoms with Crippen molar-refractivity contribution in [1.82, 2.24) is 5.32 Å². The van der Waals surface area contributed by atoms with Crippen LogP contribution in [0.4, 0.5) is 0 Å². The van der Waals surface area contributed by atoms with Gasteiger partial charge in [0.25, 0.3) is 5.91 Å². The van der Waals surface area contributed by atoms with Crippen LogP contribution in [0.5, 0.6) is 0 Å². The van der Waals surface area contributed by atoms with Gasteiger partial charge in [0.15, 0.2) is 0 Å². The fourth-order valence-corrected chi connectivity index (χ4v) is 1.73. The Balaban J connectivity index is 2.36. The second kappa shape index (κ2) is 6.05. The topological polar surface area (TPSA) is 73.6 Å². The smallest absolute Gasteiger partial charge is 0.250 e. The highest BCUT2D eigenvalue weighted by Crippen LogP contribution is 2.13. The Morgan fingerprint density at radius 3 is 3.00 bits per heavy atom. The lowest BCUT2D eigenvalue weighted by Crippen LogP contribution is -2.48. The number of hydrogen-bond donors (Lipinski definition) is 2. The fourth-order valence-electron chi connectivity index (χ4n) is 1.73. The maximum absolute atomic E-state index is 11.6. The standard InChI is InChI=1S/C10H20N2O3/c1-7-5-8(3-4-15-7)12-10(13)9(6-11)14-2/h7-9H,3-6,11H2,1-2H3,(H,12,13). The summed E-state index contributed by atoms with van der Waals surface area (Å²) in [4.78, 5) is 11.6. The van der Waals surface area contributed by atoms with Crippen LogP contribution in [0.2, 0.25) is 0 Å². The molecule has 0 bridgehead atoms. The van der Waals surface area contributed by atoms with Crippen LogP contribution in [0.25, 0.3) is 0 Å². The van der Waals surface area contributed by atoms with Crippen LogP contribution >= 0.6 is 0 Å². The summed E-state index contributed by atoms with van der Waals surface area (Å²) in [6, 6.07) is 0.186. The van der Waals surface area contributed by atoms with Crippen molar-refractivity contribution in [2.75, 3.05) is 20.3 Å². The Hall–Kier alpha value is -0.650. The minimum Gasteiger partial charge on any atom is -0.378 e. The molecular formula is C10H20N2O3. The highest BCUT2D eigenvalue weighted by Gasteiger charge is 2.24. The van der Waals surface area contributed by atoms with Gasteiger partial charge < -0.3 is 20.5 Å². The zero-order valence-electron chi connectivity index (χ0n) is 9.36. The lowest BCUT2D eigenvalue weighted by molar-refractivity contribution is -0.132. The molecule has 1 amide bonds. The number of methoxy groups -OCH3 is 1. The van der Waals surface area contributed by atoms with E-state index in [1.807, 2.05) is 6.92 Å². The maximum atomic E-state index is 11.6. The van der Waals surface area contributed by atoms with Crippen LogP contribution < -0.4 is 11.1 Å². The van der Waals surface area contributed by atoms with Crippen molar-refractivity contribution in [2.45, 2.75) is 38.0 Å². The zero-order valence-corrected chi connectivity index (χ0v) is 9.36. The number of amides is 1. The van der Waals surface area contributed by atoms with E-state index < -0.39 is 6.10 Å². The van der Waals surface area contributed by atoms with Crippen LogP contribution in [-0.2, 0) is 14.3 Å². The first-order valence-electron chi connectivity index (χ1n) is 5.32. The summed E-state index contributed by atoms with van der Waals surface area (Å²) in [6.45, 7) is 2.92. The second-order valence-electron chi connectivity index (χ2n) is 3.87. The zero-order chi connectivity index (χ0) is 11.3. The van der Waals surface area contributed by atoms with Crippen molar-refractivity contribution in [2.24, 2.45) is 5.73 Å². The molecule has 0 radical (unpaired) electrons. The normalized spacial score (nSPS) is 28.5. The predicted molar refractivity (Wildman–Crippen MR) is 56.4 cm³/mol. The predicted octanol–water partition coefficient (Wildman–Crippen LogP) is -0.356. The van der Waals surface area contributed by atoms with E-state index in [0.717, 1.165) is 12.8 Å². The van der Waals surface area contributed by atoms with E-state index in [1.165, 1.54) is 7.11 Å². The molecule has 5 nitrogen and oxygen atoms in total. The van der Waals surface area contributed by atoms with Crippen molar-refractivity contribution in [3.63, 3.8) is 0 Å². The molecule has 1 aliphatic rings. The SMILES string of the molecule is COC(CN)C(=O)NC1CCOC(C)C1. The summed E-state index contributed by atoms with van der Waals surface area (Å²) >= 11 is 0. The third kappa shape index (κ3) is 3.77. The second-order valence-corrected chi connectivity index (χ2v) is 3.87. The first kappa shape index (κ1) is 12.4. The first-order valence-corrected chi connectivity index (χ1v) is 5.32. The van der Waals surface area contributed by atoms with Crippen LogP contribution in [0.3, 0.4) is 0 Å². The van der Waals surface area contributed by atoms with Gasteiger partial charge >= 0.3 is 0 Å². The fraction of sp³-hybridized carbons (Fsp3) is 0.900. The van der Waals surface area contributed by atoms with Gasteiger partial charge in [0, 0.05) is 26.3 Å². The molecule has 1 aliphatic heterocycles. The molecule has 1 fully saturated rings. The molecule has 15 heavy (non-hydrogen) atoms. The van der Waals surface area contributed by atoms with E-state index in [4.69, 9.17) is 15.2 Å². The van der Waals surface area contributed by atoms with Crippen LogP contribution in [-0.4, -0.2) is 44.4 Å². The Kier molecular flexibility index (Phi) is 5.01. The van der Waals surface area contributed by atoms with E-state index in [2.05, 4.69) is 5.32 Å². The average molecular weight is 216 g/mol. The lowest BCUT2D eigenvalue weighted by atomic mass is 10.0. The van der Waals surface area contributed by atoms with E-state index in [0.29, 0.717) is 6.61 Å². The molecule has 3 unspecified atom stereocenters. The highest BCUT2D eigenvalue weighted by atomic mass is 16.5. The van der Waals surface area contributed by atoms with Crippen molar-refractivity contribution in [1.29, 1.82) is 0 Å². The molecule has 88 valence electrons. The third-order valence-corrected chi connectivity index (χ3v) is 2.62. The number of carbonyl (C=O) groups excluding carboxylic acids is 1. The molecule has 0 aliphatic carbocycles. The van der Waals surface area contributed by atoms with Crippen LogP contribution in [0.15, 0.2) is 0 Å². The summed E-state index contributed by atoms with van der Waals surface area (Å²) in [5, 5.41) is 2.93. The number of nitrogens with two attached hydrogens (primary N) is 1.